The zero-order valence-corrected chi connectivity index (χ0v) is 15.4. The molecule has 0 bridgehead atoms. The van der Waals surface area contributed by atoms with Gasteiger partial charge in [0.25, 0.3) is 0 Å². The number of esters is 2. The van der Waals surface area contributed by atoms with Gasteiger partial charge in [0.2, 0.25) is 0 Å². The van der Waals surface area contributed by atoms with Crippen molar-refractivity contribution in [3.05, 3.63) is 52.3 Å². The molecule has 1 aromatic carbocycles. The van der Waals surface area contributed by atoms with Crippen LogP contribution < -0.4 is 0 Å². The summed E-state index contributed by atoms with van der Waals surface area (Å²) in [5, 5.41) is 4.06. The van der Waals surface area contributed by atoms with Crippen LogP contribution in [0.1, 0.15) is 56.3 Å². The van der Waals surface area contributed by atoms with Crippen LogP contribution in [-0.2, 0) is 16.0 Å². The van der Waals surface area contributed by atoms with Gasteiger partial charge < -0.3 is 9.47 Å². The van der Waals surface area contributed by atoms with Gasteiger partial charge in [-0.2, -0.15) is 5.10 Å². The van der Waals surface area contributed by atoms with Crippen molar-refractivity contribution in [1.29, 1.82) is 0 Å². The second-order valence-corrected chi connectivity index (χ2v) is 5.74. The Hall–Kier alpha value is -2.96. The van der Waals surface area contributed by atoms with E-state index in [0.717, 1.165) is 11.1 Å². The molecular weight excluding hydrogens is 336 g/mol. The first-order chi connectivity index (χ1) is 12.4. The molecule has 138 valence electrons. The topological polar surface area (TPSA) is 87.5 Å². The SMILES string of the molecule is CCOC(=O)c1cc(C(=O)OCC)n(CC(=O)c2ccc(C)c(C)c2)n1. The summed E-state index contributed by atoms with van der Waals surface area (Å²) in [7, 11) is 0. The molecule has 0 fully saturated rings. The van der Waals surface area contributed by atoms with Crippen LogP contribution in [0.15, 0.2) is 24.3 Å². The number of ether oxygens (including phenoxy) is 2. The number of carbonyl (C=O) groups is 3. The molecule has 0 saturated heterocycles. The lowest BCUT2D eigenvalue weighted by atomic mass is 10.0. The van der Waals surface area contributed by atoms with E-state index in [4.69, 9.17) is 9.47 Å². The van der Waals surface area contributed by atoms with E-state index in [0.29, 0.717) is 5.56 Å². The van der Waals surface area contributed by atoms with Crippen molar-refractivity contribution >= 4 is 17.7 Å². The molecule has 0 aliphatic heterocycles. The molecule has 0 N–H and O–H groups in total. The number of aromatic nitrogens is 2. The summed E-state index contributed by atoms with van der Waals surface area (Å²) >= 11 is 0. The monoisotopic (exact) mass is 358 g/mol. The fraction of sp³-hybridized carbons (Fsp3) is 0.368. The van der Waals surface area contributed by atoms with Crippen LogP contribution in [0, 0.1) is 13.8 Å². The minimum absolute atomic E-state index is 0.0343. The molecule has 0 saturated carbocycles. The third kappa shape index (κ3) is 4.36. The van der Waals surface area contributed by atoms with Crippen LogP contribution in [0.5, 0.6) is 0 Å². The molecule has 0 amide bonds. The average molecular weight is 358 g/mol. The summed E-state index contributed by atoms with van der Waals surface area (Å²) in [5.74, 6) is -1.53. The second-order valence-electron chi connectivity index (χ2n) is 5.74. The smallest absolute Gasteiger partial charge is 0.358 e. The number of rotatable bonds is 7. The molecule has 7 nitrogen and oxygen atoms in total. The minimum Gasteiger partial charge on any atom is -0.461 e. The van der Waals surface area contributed by atoms with Crippen molar-refractivity contribution in [2.75, 3.05) is 13.2 Å². The van der Waals surface area contributed by atoms with Crippen LogP contribution in [0.3, 0.4) is 0 Å². The standard InChI is InChI=1S/C19H22N2O5/c1-5-25-18(23)15-10-16(19(24)26-6-2)21(20-15)11-17(22)14-8-7-12(3)13(4)9-14/h7-10H,5-6,11H2,1-4H3. The fourth-order valence-electron chi connectivity index (χ4n) is 2.35. The van der Waals surface area contributed by atoms with Gasteiger partial charge in [-0.25, -0.2) is 14.3 Å². The van der Waals surface area contributed by atoms with E-state index in [1.165, 1.54) is 10.7 Å². The summed E-state index contributed by atoms with van der Waals surface area (Å²) < 4.78 is 11.1. The van der Waals surface area contributed by atoms with Gasteiger partial charge in [-0.05, 0) is 44.9 Å². The number of carbonyl (C=O) groups excluding carboxylic acids is 3. The Kier molecular flexibility index (Phi) is 6.27. The van der Waals surface area contributed by atoms with Crippen LogP contribution >= 0.6 is 0 Å². The van der Waals surface area contributed by atoms with Crippen LogP contribution in [-0.4, -0.2) is 40.7 Å². The molecule has 1 heterocycles. The Morgan fingerprint density at radius 3 is 2.23 bits per heavy atom. The van der Waals surface area contributed by atoms with E-state index in [2.05, 4.69) is 5.10 Å². The maximum atomic E-state index is 12.6. The molecule has 2 rings (SSSR count). The van der Waals surface area contributed by atoms with Gasteiger partial charge in [-0.3, -0.25) is 4.79 Å². The van der Waals surface area contributed by atoms with E-state index < -0.39 is 11.9 Å². The Morgan fingerprint density at radius 1 is 0.962 bits per heavy atom. The quantitative estimate of drug-likeness (QED) is 0.559. The number of nitrogens with zero attached hydrogens (tertiary/aromatic N) is 2. The normalized spacial score (nSPS) is 10.5. The molecule has 0 aliphatic carbocycles. The van der Waals surface area contributed by atoms with Crippen LogP contribution in [0.4, 0.5) is 0 Å². The summed E-state index contributed by atoms with van der Waals surface area (Å²) in [5.41, 5.74) is 2.58. The van der Waals surface area contributed by atoms with E-state index >= 15 is 0 Å². The van der Waals surface area contributed by atoms with Crippen molar-refractivity contribution in [2.45, 2.75) is 34.2 Å². The first kappa shape index (κ1) is 19.4. The predicted octanol–water partition coefficient (Wildman–Crippen LogP) is 2.74. The molecule has 0 radical (unpaired) electrons. The average Bonchev–Trinajstić information content (AvgIpc) is 3.01. The highest BCUT2D eigenvalue weighted by molar-refractivity contribution is 5.98. The van der Waals surface area contributed by atoms with Crippen LogP contribution in [0.25, 0.3) is 0 Å². The van der Waals surface area contributed by atoms with Crippen molar-refractivity contribution in [1.82, 2.24) is 9.78 Å². The highest BCUT2D eigenvalue weighted by atomic mass is 16.5. The van der Waals surface area contributed by atoms with E-state index in [1.54, 1.807) is 26.0 Å². The number of hydrogen-bond acceptors (Lipinski definition) is 6. The first-order valence-corrected chi connectivity index (χ1v) is 8.39. The van der Waals surface area contributed by atoms with Gasteiger partial charge in [-0.1, -0.05) is 12.1 Å². The van der Waals surface area contributed by atoms with E-state index in [9.17, 15) is 14.4 Å². The fourth-order valence-corrected chi connectivity index (χ4v) is 2.35. The highest BCUT2D eigenvalue weighted by Gasteiger charge is 2.22. The largest absolute Gasteiger partial charge is 0.461 e. The Bertz CT molecular complexity index is 838. The third-order valence-corrected chi connectivity index (χ3v) is 3.87. The molecule has 26 heavy (non-hydrogen) atoms. The predicted molar refractivity (Wildman–Crippen MR) is 94.4 cm³/mol. The molecule has 2 aromatic rings. The summed E-state index contributed by atoms with van der Waals surface area (Å²) in [4.78, 5) is 36.6. The number of Topliss-reactive ketones (excluding diaryl/α,β-unsaturated/α-hetero) is 1. The van der Waals surface area contributed by atoms with Gasteiger partial charge in [-0.15, -0.1) is 0 Å². The van der Waals surface area contributed by atoms with Crippen molar-refractivity contribution < 1.29 is 23.9 Å². The second kappa shape index (κ2) is 8.42. The maximum absolute atomic E-state index is 12.6. The van der Waals surface area contributed by atoms with E-state index in [1.807, 2.05) is 19.9 Å². The molecule has 1 aromatic heterocycles. The van der Waals surface area contributed by atoms with Gasteiger partial charge in [0.1, 0.15) is 12.2 Å². The van der Waals surface area contributed by atoms with Gasteiger partial charge in [0.15, 0.2) is 11.5 Å². The number of ketones is 1. The zero-order chi connectivity index (χ0) is 19.3. The molecule has 0 spiro atoms. The molecule has 0 atom stereocenters. The maximum Gasteiger partial charge on any atom is 0.358 e. The van der Waals surface area contributed by atoms with Gasteiger partial charge >= 0.3 is 11.9 Å². The van der Waals surface area contributed by atoms with Crippen LogP contribution in [0.2, 0.25) is 0 Å². The number of benzene rings is 1. The molecule has 0 aliphatic rings. The third-order valence-electron chi connectivity index (χ3n) is 3.87. The van der Waals surface area contributed by atoms with Crippen molar-refractivity contribution in [2.24, 2.45) is 0 Å². The Labute approximate surface area is 151 Å². The summed E-state index contributed by atoms with van der Waals surface area (Å²) in [6.45, 7) is 7.39. The lowest BCUT2D eigenvalue weighted by Gasteiger charge is -2.08. The highest BCUT2D eigenvalue weighted by Crippen LogP contribution is 2.13. The van der Waals surface area contributed by atoms with E-state index in [-0.39, 0.29) is 36.9 Å². The van der Waals surface area contributed by atoms with Crippen molar-refractivity contribution in [3.8, 4) is 0 Å². The lowest BCUT2D eigenvalue weighted by molar-refractivity contribution is 0.0505. The zero-order valence-electron chi connectivity index (χ0n) is 15.4. The number of hydrogen-bond donors (Lipinski definition) is 0. The van der Waals surface area contributed by atoms with Crippen molar-refractivity contribution in [3.63, 3.8) is 0 Å². The number of aryl methyl sites for hydroxylation is 2. The Morgan fingerprint density at radius 2 is 1.62 bits per heavy atom. The minimum atomic E-state index is -0.657. The Balaban J connectivity index is 2.33. The summed E-state index contributed by atoms with van der Waals surface area (Å²) in [6.07, 6.45) is 0. The van der Waals surface area contributed by atoms with Gasteiger partial charge in [0, 0.05) is 11.6 Å². The van der Waals surface area contributed by atoms with Gasteiger partial charge in [0.05, 0.1) is 13.2 Å². The molecule has 0 unspecified atom stereocenters. The first-order valence-electron chi connectivity index (χ1n) is 8.39. The lowest BCUT2D eigenvalue weighted by Crippen LogP contribution is -2.18. The molecular formula is C19H22N2O5. The molecule has 7 heteroatoms. The summed E-state index contributed by atoms with van der Waals surface area (Å²) in [6, 6.07) is 6.66.